The fraction of sp³-hybridized carbons (Fsp3) is 0.182. The average molecular weight is 399 g/mol. The Morgan fingerprint density at radius 1 is 1.03 bits per heavy atom. The number of nitrogens with zero attached hydrogens (tertiary/aromatic N) is 4. The molecule has 0 saturated carbocycles. The Hall–Kier alpha value is -3.94. The predicted molar refractivity (Wildman–Crippen MR) is 117 cm³/mol. The molecule has 8 nitrogen and oxygen atoms in total. The van der Waals surface area contributed by atoms with Crippen LogP contribution < -0.4 is 16.0 Å². The van der Waals surface area contributed by atoms with Gasteiger partial charge in [0.25, 0.3) is 5.91 Å². The van der Waals surface area contributed by atoms with Crippen LogP contribution in [0.2, 0.25) is 0 Å². The first-order valence-electron chi connectivity index (χ1n) is 9.89. The maximum absolute atomic E-state index is 12.8. The molecule has 1 fully saturated rings. The lowest BCUT2D eigenvalue weighted by atomic mass is 10.0. The number of hydrogen-bond donors (Lipinski definition) is 3. The van der Waals surface area contributed by atoms with E-state index in [9.17, 15) is 4.79 Å². The highest BCUT2D eigenvalue weighted by molar-refractivity contribution is 6.11. The van der Waals surface area contributed by atoms with Crippen molar-refractivity contribution in [2.45, 2.75) is 12.8 Å². The number of hydrogen-bond acceptors (Lipinski definition) is 6. The largest absolute Gasteiger partial charge is 0.384 e. The van der Waals surface area contributed by atoms with Crippen molar-refractivity contribution in [1.29, 1.82) is 0 Å². The van der Waals surface area contributed by atoms with Crippen molar-refractivity contribution in [3.8, 4) is 11.1 Å². The summed E-state index contributed by atoms with van der Waals surface area (Å²) >= 11 is 0. The lowest BCUT2D eigenvalue weighted by Gasteiger charge is -2.17. The van der Waals surface area contributed by atoms with Crippen molar-refractivity contribution in [3.05, 3.63) is 60.7 Å². The molecule has 4 aromatic rings. The van der Waals surface area contributed by atoms with Gasteiger partial charge in [0.1, 0.15) is 5.82 Å². The molecular formula is C22H21N7O. The van der Waals surface area contributed by atoms with Gasteiger partial charge in [0.05, 0.1) is 29.3 Å². The van der Waals surface area contributed by atoms with Crippen LogP contribution >= 0.6 is 0 Å². The number of aromatic amines is 1. The van der Waals surface area contributed by atoms with Gasteiger partial charge in [-0.05, 0) is 48.7 Å². The minimum atomic E-state index is -0.311. The van der Waals surface area contributed by atoms with Gasteiger partial charge in [0.15, 0.2) is 5.69 Å². The summed E-state index contributed by atoms with van der Waals surface area (Å²) in [6.45, 7) is 2.13. The number of nitrogens with two attached hydrogens (primary N) is 1. The van der Waals surface area contributed by atoms with Crippen molar-refractivity contribution in [3.63, 3.8) is 0 Å². The zero-order chi connectivity index (χ0) is 20.5. The van der Waals surface area contributed by atoms with Gasteiger partial charge in [-0.15, -0.1) is 0 Å². The Morgan fingerprint density at radius 2 is 1.90 bits per heavy atom. The van der Waals surface area contributed by atoms with Crippen LogP contribution in [0.4, 0.5) is 17.2 Å². The highest BCUT2D eigenvalue weighted by Crippen LogP contribution is 2.29. The van der Waals surface area contributed by atoms with E-state index < -0.39 is 0 Å². The molecule has 5 rings (SSSR count). The standard InChI is InChI=1S/C22H21N7O/c23-20-6-4-16(12-25-20)26-22(30)21-18-10-14(3-5-19(18)27-28-21)15-9-17(13-24-11-15)29-7-1-2-8-29/h3-6,9-13H,1-2,7-8H2,(H2,23,25)(H,26,30)(H,27,28). The molecule has 4 heterocycles. The fourth-order valence-corrected chi connectivity index (χ4v) is 3.77. The molecule has 0 radical (unpaired) electrons. The molecule has 1 aromatic carbocycles. The summed E-state index contributed by atoms with van der Waals surface area (Å²) < 4.78 is 0. The smallest absolute Gasteiger partial charge is 0.276 e. The zero-order valence-electron chi connectivity index (χ0n) is 16.3. The van der Waals surface area contributed by atoms with E-state index in [4.69, 9.17) is 5.73 Å². The number of benzene rings is 1. The number of nitrogen functional groups attached to an aromatic ring is 1. The second-order valence-corrected chi connectivity index (χ2v) is 7.38. The third kappa shape index (κ3) is 3.43. The van der Waals surface area contributed by atoms with Crippen molar-refractivity contribution in [2.24, 2.45) is 0 Å². The zero-order valence-corrected chi connectivity index (χ0v) is 16.3. The van der Waals surface area contributed by atoms with Gasteiger partial charge in [-0.1, -0.05) is 6.07 Å². The molecule has 3 aromatic heterocycles. The molecule has 1 saturated heterocycles. The normalized spacial score (nSPS) is 13.7. The Morgan fingerprint density at radius 3 is 2.70 bits per heavy atom. The number of carbonyl (C=O) groups is 1. The highest BCUT2D eigenvalue weighted by Gasteiger charge is 2.17. The molecular weight excluding hydrogens is 378 g/mol. The number of amides is 1. The first-order chi connectivity index (χ1) is 14.7. The second-order valence-electron chi connectivity index (χ2n) is 7.38. The van der Waals surface area contributed by atoms with E-state index in [2.05, 4.69) is 36.4 Å². The summed E-state index contributed by atoms with van der Waals surface area (Å²) in [7, 11) is 0. The summed E-state index contributed by atoms with van der Waals surface area (Å²) in [5, 5.41) is 10.7. The van der Waals surface area contributed by atoms with Gasteiger partial charge >= 0.3 is 0 Å². The van der Waals surface area contributed by atoms with Gasteiger partial charge < -0.3 is 16.0 Å². The Balaban J connectivity index is 1.46. The van der Waals surface area contributed by atoms with Gasteiger partial charge in [-0.2, -0.15) is 5.10 Å². The maximum atomic E-state index is 12.8. The van der Waals surface area contributed by atoms with Crippen LogP contribution in [0.25, 0.3) is 22.0 Å². The Bertz CT molecular complexity index is 1210. The quantitative estimate of drug-likeness (QED) is 0.484. The molecule has 1 aliphatic heterocycles. The van der Waals surface area contributed by atoms with Crippen molar-refractivity contribution in [1.82, 2.24) is 20.2 Å². The monoisotopic (exact) mass is 399 g/mol. The molecule has 4 N–H and O–H groups in total. The third-order valence-electron chi connectivity index (χ3n) is 5.35. The SMILES string of the molecule is Nc1ccc(NC(=O)c2n[nH]c3ccc(-c4cncc(N5CCCC5)c4)cc23)cn1. The molecule has 0 spiro atoms. The second kappa shape index (κ2) is 7.47. The summed E-state index contributed by atoms with van der Waals surface area (Å²) in [6.07, 6.45) is 7.70. The molecule has 1 amide bonds. The molecule has 0 aliphatic carbocycles. The lowest BCUT2D eigenvalue weighted by molar-refractivity contribution is 0.102. The van der Waals surface area contributed by atoms with Gasteiger partial charge in [-0.25, -0.2) is 4.98 Å². The summed E-state index contributed by atoms with van der Waals surface area (Å²) in [5.41, 5.74) is 10.4. The van der Waals surface area contributed by atoms with Crippen molar-refractivity contribution in [2.75, 3.05) is 29.0 Å². The van der Waals surface area contributed by atoms with E-state index >= 15 is 0 Å². The third-order valence-corrected chi connectivity index (χ3v) is 5.35. The van der Waals surface area contributed by atoms with Crippen LogP contribution in [0.5, 0.6) is 0 Å². The van der Waals surface area contributed by atoms with Gasteiger partial charge in [0, 0.05) is 30.2 Å². The Kier molecular flexibility index (Phi) is 4.51. The van der Waals surface area contributed by atoms with Crippen LogP contribution in [0.1, 0.15) is 23.3 Å². The molecule has 30 heavy (non-hydrogen) atoms. The number of anilines is 3. The van der Waals surface area contributed by atoms with Crippen LogP contribution in [-0.2, 0) is 0 Å². The number of nitrogens with one attached hydrogen (secondary N) is 2. The molecule has 0 unspecified atom stereocenters. The minimum absolute atomic E-state index is 0.311. The van der Waals surface area contributed by atoms with E-state index in [-0.39, 0.29) is 5.91 Å². The van der Waals surface area contributed by atoms with E-state index in [1.54, 1.807) is 12.1 Å². The number of pyridine rings is 2. The number of H-pyrrole nitrogens is 1. The van der Waals surface area contributed by atoms with E-state index in [1.807, 2.05) is 30.6 Å². The maximum Gasteiger partial charge on any atom is 0.276 e. The van der Waals surface area contributed by atoms with Crippen molar-refractivity contribution < 1.29 is 4.79 Å². The topological polar surface area (TPSA) is 113 Å². The molecule has 0 atom stereocenters. The van der Waals surface area contributed by atoms with Crippen molar-refractivity contribution >= 4 is 34.0 Å². The number of carbonyl (C=O) groups excluding carboxylic acids is 1. The molecule has 8 heteroatoms. The molecule has 150 valence electrons. The molecule has 1 aliphatic rings. The minimum Gasteiger partial charge on any atom is -0.384 e. The van der Waals surface area contributed by atoms with Gasteiger partial charge in [-0.3, -0.25) is 14.9 Å². The average Bonchev–Trinajstić information content (AvgIpc) is 3.45. The number of rotatable bonds is 4. The number of fused-ring (bicyclic) bond motifs is 1. The van der Waals surface area contributed by atoms with Crippen LogP contribution in [-0.4, -0.2) is 39.2 Å². The van der Waals surface area contributed by atoms with Gasteiger partial charge in [0.2, 0.25) is 0 Å². The van der Waals surface area contributed by atoms with E-state index in [1.165, 1.54) is 19.0 Å². The summed E-state index contributed by atoms with van der Waals surface area (Å²) in [4.78, 5) is 23.6. The first kappa shape index (κ1) is 18.1. The fourth-order valence-electron chi connectivity index (χ4n) is 3.77. The van der Waals surface area contributed by atoms with E-state index in [0.717, 1.165) is 40.8 Å². The summed E-state index contributed by atoms with van der Waals surface area (Å²) in [5.74, 6) is 0.0848. The van der Waals surface area contributed by atoms with Crippen LogP contribution in [0, 0.1) is 0 Å². The first-order valence-corrected chi connectivity index (χ1v) is 9.89. The predicted octanol–water partition coefficient (Wildman–Crippen LogP) is 3.45. The van der Waals surface area contributed by atoms with E-state index in [0.29, 0.717) is 17.2 Å². The number of aromatic nitrogens is 4. The summed E-state index contributed by atoms with van der Waals surface area (Å²) in [6, 6.07) is 11.4. The Labute approximate surface area is 173 Å². The lowest BCUT2D eigenvalue weighted by Crippen LogP contribution is -2.17. The highest BCUT2D eigenvalue weighted by atomic mass is 16.1. The molecule has 0 bridgehead atoms. The van der Waals surface area contributed by atoms with Crippen LogP contribution in [0.3, 0.4) is 0 Å². The van der Waals surface area contributed by atoms with Crippen LogP contribution in [0.15, 0.2) is 55.0 Å².